The lowest BCUT2D eigenvalue weighted by atomic mass is 10.1. The summed E-state index contributed by atoms with van der Waals surface area (Å²) in [5, 5.41) is 13.1. The summed E-state index contributed by atoms with van der Waals surface area (Å²) >= 11 is 0. The third-order valence-corrected chi connectivity index (χ3v) is 4.28. The van der Waals surface area contributed by atoms with Crippen molar-refractivity contribution in [1.29, 1.82) is 0 Å². The number of likely N-dealkylation sites (N-methyl/N-ethyl adjacent to an activating group) is 1. The second-order valence-corrected chi connectivity index (χ2v) is 6.46. The van der Waals surface area contributed by atoms with Crippen LogP contribution in [0.1, 0.15) is 27.5 Å². The molecule has 1 aromatic heterocycles. The van der Waals surface area contributed by atoms with Crippen LogP contribution in [0.4, 0.5) is 0 Å². The molecule has 6 heteroatoms. The Balaban J connectivity index is 1.62. The van der Waals surface area contributed by atoms with E-state index < -0.39 is 6.10 Å². The van der Waals surface area contributed by atoms with Crippen molar-refractivity contribution in [2.75, 3.05) is 27.2 Å². The van der Waals surface area contributed by atoms with Gasteiger partial charge in [-0.1, -0.05) is 24.3 Å². The van der Waals surface area contributed by atoms with Gasteiger partial charge in [-0.15, -0.1) is 0 Å². The Morgan fingerprint density at radius 1 is 1.32 bits per heavy atom. The monoisotopic (exact) mass is 341 g/mol. The van der Waals surface area contributed by atoms with Crippen molar-refractivity contribution in [3.8, 4) is 5.88 Å². The van der Waals surface area contributed by atoms with Crippen LogP contribution in [0.3, 0.4) is 0 Å². The number of amides is 1. The van der Waals surface area contributed by atoms with E-state index in [9.17, 15) is 9.90 Å². The molecule has 0 saturated carbocycles. The van der Waals surface area contributed by atoms with E-state index in [1.54, 1.807) is 12.1 Å². The van der Waals surface area contributed by atoms with Gasteiger partial charge in [0.05, 0.1) is 17.7 Å². The number of hydrogen-bond acceptors (Lipinski definition) is 5. The molecule has 25 heavy (non-hydrogen) atoms. The van der Waals surface area contributed by atoms with Gasteiger partial charge in [0, 0.05) is 25.2 Å². The number of rotatable bonds is 6. The Kier molecular flexibility index (Phi) is 5.31. The highest BCUT2D eigenvalue weighted by atomic mass is 16.5. The number of hydrogen-bond donors (Lipinski definition) is 2. The molecule has 2 atom stereocenters. The standard InChI is InChI=1S/C19H23N3O3/c1-22(2)9-10-25-17-8-7-14(12-20-17)19(24)21-18-15-6-4-3-5-13(15)11-16(18)23/h3-8,12,16,18,23H,9-11H2,1-2H3,(H,21,24)/t16-,18-/m1/s1. The smallest absolute Gasteiger partial charge is 0.253 e. The summed E-state index contributed by atoms with van der Waals surface area (Å²) in [6.07, 6.45) is 1.44. The van der Waals surface area contributed by atoms with Crippen molar-refractivity contribution in [1.82, 2.24) is 15.2 Å². The van der Waals surface area contributed by atoms with E-state index in [0.29, 0.717) is 24.5 Å². The minimum atomic E-state index is -0.608. The van der Waals surface area contributed by atoms with Crippen molar-refractivity contribution < 1.29 is 14.6 Å². The summed E-state index contributed by atoms with van der Waals surface area (Å²) in [5.74, 6) is 0.234. The first kappa shape index (κ1) is 17.4. The number of nitrogens with zero attached hydrogens (tertiary/aromatic N) is 2. The fourth-order valence-corrected chi connectivity index (χ4v) is 2.91. The summed E-state index contributed by atoms with van der Waals surface area (Å²) in [7, 11) is 3.94. The van der Waals surface area contributed by atoms with E-state index in [4.69, 9.17) is 4.74 Å². The average Bonchev–Trinajstić information content (AvgIpc) is 2.91. The van der Waals surface area contributed by atoms with Crippen LogP contribution >= 0.6 is 0 Å². The van der Waals surface area contributed by atoms with E-state index in [-0.39, 0.29) is 11.9 Å². The lowest BCUT2D eigenvalue weighted by molar-refractivity contribution is 0.0857. The van der Waals surface area contributed by atoms with Crippen LogP contribution in [-0.4, -0.2) is 54.2 Å². The van der Waals surface area contributed by atoms with Gasteiger partial charge in [-0.25, -0.2) is 4.98 Å². The van der Waals surface area contributed by atoms with Gasteiger partial charge in [0.25, 0.3) is 5.91 Å². The summed E-state index contributed by atoms with van der Waals surface area (Å²) in [4.78, 5) is 18.7. The molecule has 1 heterocycles. The Labute approximate surface area is 147 Å². The minimum absolute atomic E-state index is 0.256. The molecular weight excluding hydrogens is 318 g/mol. The van der Waals surface area contributed by atoms with Crippen molar-refractivity contribution >= 4 is 5.91 Å². The molecule has 0 saturated heterocycles. The van der Waals surface area contributed by atoms with Gasteiger partial charge in [-0.05, 0) is 31.3 Å². The number of pyridine rings is 1. The van der Waals surface area contributed by atoms with Crippen molar-refractivity contribution in [2.45, 2.75) is 18.6 Å². The molecule has 0 fully saturated rings. The molecule has 0 aliphatic heterocycles. The quantitative estimate of drug-likeness (QED) is 0.831. The van der Waals surface area contributed by atoms with Gasteiger partial charge in [0.1, 0.15) is 6.61 Å². The lowest BCUT2D eigenvalue weighted by Gasteiger charge is -2.18. The molecular formula is C19H23N3O3. The van der Waals surface area contributed by atoms with E-state index in [0.717, 1.165) is 17.7 Å². The largest absolute Gasteiger partial charge is 0.476 e. The minimum Gasteiger partial charge on any atom is -0.476 e. The van der Waals surface area contributed by atoms with Gasteiger partial charge in [0.15, 0.2) is 0 Å². The maximum atomic E-state index is 12.5. The van der Waals surface area contributed by atoms with Crippen molar-refractivity contribution in [2.24, 2.45) is 0 Å². The maximum Gasteiger partial charge on any atom is 0.253 e. The molecule has 3 rings (SSSR count). The zero-order valence-electron chi connectivity index (χ0n) is 14.5. The SMILES string of the molecule is CN(C)CCOc1ccc(C(=O)N[C@@H]2c3ccccc3C[C@H]2O)cn1. The van der Waals surface area contributed by atoms with Crippen molar-refractivity contribution in [3.05, 3.63) is 59.3 Å². The third-order valence-electron chi connectivity index (χ3n) is 4.28. The molecule has 132 valence electrons. The van der Waals surface area contributed by atoms with Crippen LogP contribution in [0.2, 0.25) is 0 Å². The van der Waals surface area contributed by atoms with Gasteiger partial charge < -0.3 is 20.1 Å². The van der Waals surface area contributed by atoms with Crippen LogP contribution in [0.15, 0.2) is 42.6 Å². The number of benzene rings is 1. The predicted molar refractivity (Wildman–Crippen MR) is 94.6 cm³/mol. The zero-order valence-corrected chi connectivity index (χ0v) is 14.5. The Bertz CT molecular complexity index is 731. The number of aromatic nitrogens is 1. The molecule has 0 spiro atoms. The number of carbonyl (C=O) groups excluding carboxylic acids is 1. The van der Waals surface area contributed by atoms with Gasteiger partial charge in [-0.3, -0.25) is 4.79 Å². The lowest BCUT2D eigenvalue weighted by Crippen LogP contribution is -2.33. The topological polar surface area (TPSA) is 74.7 Å². The first-order valence-electron chi connectivity index (χ1n) is 8.35. The van der Waals surface area contributed by atoms with Gasteiger partial charge in [0.2, 0.25) is 5.88 Å². The van der Waals surface area contributed by atoms with Gasteiger partial charge in [-0.2, -0.15) is 0 Å². The van der Waals surface area contributed by atoms with Crippen LogP contribution < -0.4 is 10.1 Å². The second kappa shape index (κ2) is 7.63. The molecule has 1 aliphatic carbocycles. The van der Waals surface area contributed by atoms with Crippen LogP contribution in [0, 0.1) is 0 Å². The zero-order chi connectivity index (χ0) is 17.8. The Morgan fingerprint density at radius 2 is 2.12 bits per heavy atom. The Hall–Kier alpha value is -2.44. The van der Waals surface area contributed by atoms with E-state index in [1.165, 1.54) is 6.20 Å². The van der Waals surface area contributed by atoms with E-state index in [2.05, 4.69) is 10.3 Å². The highest BCUT2D eigenvalue weighted by molar-refractivity contribution is 5.94. The summed E-state index contributed by atoms with van der Waals surface area (Å²) < 4.78 is 5.52. The fourth-order valence-electron chi connectivity index (χ4n) is 2.91. The second-order valence-electron chi connectivity index (χ2n) is 6.46. The molecule has 0 radical (unpaired) electrons. The first-order chi connectivity index (χ1) is 12.0. The third kappa shape index (κ3) is 4.15. The van der Waals surface area contributed by atoms with Crippen LogP contribution in [-0.2, 0) is 6.42 Å². The molecule has 2 N–H and O–H groups in total. The van der Waals surface area contributed by atoms with Crippen LogP contribution in [0.5, 0.6) is 5.88 Å². The molecule has 1 amide bonds. The molecule has 1 aromatic carbocycles. The van der Waals surface area contributed by atoms with Crippen molar-refractivity contribution in [3.63, 3.8) is 0 Å². The average molecular weight is 341 g/mol. The molecule has 6 nitrogen and oxygen atoms in total. The predicted octanol–water partition coefficient (Wildman–Crippen LogP) is 1.41. The summed E-state index contributed by atoms with van der Waals surface area (Å²) in [6, 6.07) is 10.7. The molecule has 1 aliphatic rings. The number of aliphatic hydroxyl groups excluding tert-OH is 1. The summed E-state index contributed by atoms with van der Waals surface area (Å²) in [5.41, 5.74) is 2.49. The number of carbonyl (C=O) groups is 1. The molecule has 0 unspecified atom stereocenters. The van der Waals surface area contributed by atoms with E-state index in [1.807, 2.05) is 43.3 Å². The molecule has 2 aromatic rings. The maximum absolute atomic E-state index is 12.5. The van der Waals surface area contributed by atoms with E-state index >= 15 is 0 Å². The number of nitrogens with one attached hydrogen (secondary N) is 1. The Morgan fingerprint density at radius 3 is 2.84 bits per heavy atom. The fraction of sp³-hybridized carbons (Fsp3) is 0.368. The van der Waals surface area contributed by atoms with Gasteiger partial charge >= 0.3 is 0 Å². The highest BCUT2D eigenvalue weighted by Crippen LogP contribution is 2.31. The number of fused-ring (bicyclic) bond motifs is 1. The number of ether oxygens (including phenoxy) is 1. The highest BCUT2D eigenvalue weighted by Gasteiger charge is 2.32. The molecule has 0 bridgehead atoms. The normalized spacial score (nSPS) is 18.9. The van der Waals surface area contributed by atoms with Crippen LogP contribution in [0.25, 0.3) is 0 Å². The summed E-state index contributed by atoms with van der Waals surface area (Å²) in [6.45, 7) is 1.33. The first-order valence-corrected chi connectivity index (χ1v) is 8.35. The number of aliphatic hydroxyl groups is 1.